The molecule has 0 bridgehead atoms. The van der Waals surface area contributed by atoms with Gasteiger partial charge < -0.3 is 10.4 Å². The lowest BCUT2D eigenvalue weighted by Crippen LogP contribution is -2.49. The van der Waals surface area contributed by atoms with Crippen molar-refractivity contribution in [3.8, 4) is 0 Å². The van der Waals surface area contributed by atoms with Crippen molar-refractivity contribution in [3.63, 3.8) is 0 Å². The molecule has 108 valence electrons. The summed E-state index contributed by atoms with van der Waals surface area (Å²) in [5, 5.41) is 12.0. The van der Waals surface area contributed by atoms with Crippen LogP contribution in [0.1, 0.15) is 23.0 Å². The summed E-state index contributed by atoms with van der Waals surface area (Å²) in [7, 11) is 0. The summed E-state index contributed by atoms with van der Waals surface area (Å²) < 4.78 is 0.739. The number of pyridine rings is 1. The van der Waals surface area contributed by atoms with Gasteiger partial charge in [-0.3, -0.25) is 4.79 Å². The molecule has 0 aliphatic rings. The Morgan fingerprint density at radius 1 is 1.19 bits per heavy atom. The number of nitrogens with zero attached hydrogens (tertiary/aromatic N) is 1. The Balaban J connectivity index is 2.31. The quantitative estimate of drug-likeness (QED) is 0.889. The van der Waals surface area contributed by atoms with Crippen LogP contribution in [0.5, 0.6) is 0 Å². The molecule has 0 saturated carbocycles. The Morgan fingerprint density at radius 3 is 2.38 bits per heavy atom. The lowest BCUT2D eigenvalue weighted by atomic mass is 9.92. The highest BCUT2D eigenvalue weighted by molar-refractivity contribution is 9.10. The zero-order chi connectivity index (χ0) is 15.5. The smallest absolute Gasteiger partial charge is 0.333 e. The molecule has 1 heterocycles. The van der Waals surface area contributed by atoms with Gasteiger partial charge >= 0.3 is 5.97 Å². The number of aliphatic carboxylic acids is 1. The number of aromatic nitrogens is 1. The minimum atomic E-state index is -1.52. The van der Waals surface area contributed by atoms with E-state index in [4.69, 9.17) is 0 Å². The normalized spacial score (nSPS) is 13.2. The second kappa shape index (κ2) is 6.05. The van der Waals surface area contributed by atoms with Gasteiger partial charge in [0.15, 0.2) is 5.54 Å². The van der Waals surface area contributed by atoms with Crippen LogP contribution in [0.4, 0.5) is 0 Å². The minimum absolute atomic E-state index is 0.154. The molecule has 6 heteroatoms. The van der Waals surface area contributed by atoms with Crippen molar-refractivity contribution in [1.29, 1.82) is 0 Å². The highest BCUT2D eigenvalue weighted by Crippen LogP contribution is 2.21. The van der Waals surface area contributed by atoms with Crippen molar-refractivity contribution in [1.82, 2.24) is 10.3 Å². The third kappa shape index (κ3) is 3.28. The Morgan fingerprint density at radius 2 is 1.86 bits per heavy atom. The molecule has 2 aromatic rings. The number of rotatable bonds is 4. The van der Waals surface area contributed by atoms with E-state index in [-0.39, 0.29) is 5.69 Å². The van der Waals surface area contributed by atoms with Crippen LogP contribution in [0.2, 0.25) is 0 Å². The highest BCUT2D eigenvalue weighted by Gasteiger charge is 2.37. The number of nitrogens with one attached hydrogen (secondary N) is 1. The summed E-state index contributed by atoms with van der Waals surface area (Å²) in [5.74, 6) is -1.68. The molecule has 1 amide bonds. The summed E-state index contributed by atoms with van der Waals surface area (Å²) in [6.07, 6.45) is 1.48. The Hall–Kier alpha value is -2.21. The van der Waals surface area contributed by atoms with Crippen molar-refractivity contribution in [2.75, 3.05) is 0 Å². The standard InChI is InChI=1S/C15H13BrN2O3/c1-15(14(20)21,10-5-3-2-4-6-10)18-13(19)12-8-7-11(16)9-17-12/h2-9H,1H3,(H,18,19)(H,20,21). The molecule has 0 saturated heterocycles. The minimum Gasteiger partial charge on any atom is -0.479 e. The topological polar surface area (TPSA) is 79.3 Å². The molecule has 1 aromatic heterocycles. The number of hydrogen-bond acceptors (Lipinski definition) is 3. The van der Waals surface area contributed by atoms with Gasteiger partial charge in [0.1, 0.15) is 5.69 Å². The van der Waals surface area contributed by atoms with Gasteiger partial charge in [-0.25, -0.2) is 9.78 Å². The lowest BCUT2D eigenvalue weighted by Gasteiger charge is -2.26. The number of carbonyl (C=O) groups excluding carboxylic acids is 1. The fraction of sp³-hybridized carbons (Fsp3) is 0.133. The summed E-state index contributed by atoms with van der Waals surface area (Å²) >= 11 is 3.23. The molecule has 0 aliphatic carbocycles. The summed E-state index contributed by atoms with van der Waals surface area (Å²) in [4.78, 5) is 27.8. The second-order valence-electron chi connectivity index (χ2n) is 4.61. The number of carboxylic acids is 1. The van der Waals surface area contributed by atoms with Gasteiger partial charge in [-0.1, -0.05) is 30.3 Å². The SMILES string of the molecule is CC(NC(=O)c1ccc(Br)cn1)(C(=O)O)c1ccccc1. The summed E-state index contributed by atoms with van der Waals surface area (Å²) in [6.45, 7) is 1.45. The van der Waals surface area contributed by atoms with Gasteiger partial charge in [0.2, 0.25) is 0 Å². The number of carboxylic acid groups (broad SMARTS) is 1. The van der Waals surface area contributed by atoms with E-state index in [1.807, 2.05) is 0 Å². The summed E-state index contributed by atoms with van der Waals surface area (Å²) in [6, 6.07) is 11.7. The van der Waals surface area contributed by atoms with Crippen LogP contribution >= 0.6 is 15.9 Å². The highest BCUT2D eigenvalue weighted by atomic mass is 79.9. The molecular weight excluding hydrogens is 336 g/mol. The summed E-state index contributed by atoms with van der Waals surface area (Å²) in [5.41, 5.74) is -0.878. The van der Waals surface area contributed by atoms with E-state index in [9.17, 15) is 14.7 Å². The van der Waals surface area contributed by atoms with E-state index in [0.29, 0.717) is 5.56 Å². The van der Waals surface area contributed by atoms with E-state index >= 15 is 0 Å². The van der Waals surface area contributed by atoms with Crippen LogP contribution in [0.3, 0.4) is 0 Å². The van der Waals surface area contributed by atoms with Crippen molar-refractivity contribution in [3.05, 3.63) is 64.4 Å². The molecule has 1 atom stereocenters. The molecule has 0 spiro atoms. The lowest BCUT2D eigenvalue weighted by molar-refractivity contribution is -0.144. The fourth-order valence-corrected chi connectivity index (χ4v) is 2.06. The van der Waals surface area contributed by atoms with Crippen molar-refractivity contribution >= 4 is 27.8 Å². The molecule has 1 unspecified atom stereocenters. The van der Waals surface area contributed by atoms with Crippen LogP contribution < -0.4 is 5.32 Å². The van der Waals surface area contributed by atoms with E-state index in [1.165, 1.54) is 19.2 Å². The first-order chi connectivity index (χ1) is 9.93. The number of benzene rings is 1. The molecule has 5 nitrogen and oxygen atoms in total. The van der Waals surface area contributed by atoms with Gasteiger partial charge in [-0.2, -0.15) is 0 Å². The number of hydrogen-bond donors (Lipinski definition) is 2. The van der Waals surface area contributed by atoms with Gasteiger partial charge in [-0.15, -0.1) is 0 Å². The zero-order valence-electron chi connectivity index (χ0n) is 11.2. The molecule has 1 aromatic carbocycles. The maximum Gasteiger partial charge on any atom is 0.333 e. The monoisotopic (exact) mass is 348 g/mol. The number of amides is 1. The van der Waals surface area contributed by atoms with Crippen molar-refractivity contribution in [2.24, 2.45) is 0 Å². The Bertz CT molecular complexity index is 658. The Kier molecular flexibility index (Phi) is 4.37. The maximum absolute atomic E-state index is 12.2. The molecule has 2 N–H and O–H groups in total. The van der Waals surface area contributed by atoms with Gasteiger partial charge in [-0.05, 0) is 40.5 Å². The third-order valence-corrected chi connectivity index (χ3v) is 3.57. The van der Waals surface area contributed by atoms with Crippen molar-refractivity contribution < 1.29 is 14.7 Å². The third-order valence-electron chi connectivity index (χ3n) is 3.10. The van der Waals surface area contributed by atoms with E-state index in [1.54, 1.807) is 36.4 Å². The van der Waals surface area contributed by atoms with E-state index in [0.717, 1.165) is 4.47 Å². The molecule has 21 heavy (non-hydrogen) atoms. The predicted octanol–water partition coefficient (Wildman–Crippen LogP) is 2.57. The second-order valence-corrected chi connectivity index (χ2v) is 5.53. The average molecular weight is 349 g/mol. The number of halogens is 1. The molecular formula is C15H13BrN2O3. The van der Waals surface area contributed by atoms with Crippen molar-refractivity contribution in [2.45, 2.75) is 12.5 Å². The zero-order valence-corrected chi connectivity index (χ0v) is 12.8. The van der Waals surface area contributed by atoms with E-state index in [2.05, 4.69) is 26.2 Å². The van der Waals surface area contributed by atoms with E-state index < -0.39 is 17.4 Å². The fourth-order valence-electron chi connectivity index (χ4n) is 1.82. The van der Waals surface area contributed by atoms with Gasteiger partial charge in [0.05, 0.1) is 0 Å². The Labute approximate surface area is 130 Å². The average Bonchev–Trinajstić information content (AvgIpc) is 2.48. The largest absolute Gasteiger partial charge is 0.479 e. The molecule has 0 fully saturated rings. The first-order valence-corrected chi connectivity index (χ1v) is 6.96. The molecule has 2 rings (SSSR count). The van der Waals surface area contributed by atoms with Gasteiger partial charge in [0.25, 0.3) is 5.91 Å². The molecule has 0 aliphatic heterocycles. The van der Waals surface area contributed by atoms with Crippen LogP contribution in [-0.4, -0.2) is 22.0 Å². The van der Waals surface area contributed by atoms with Crippen LogP contribution in [0.15, 0.2) is 53.1 Å². The molecule has 0 radical (unpaired) electrons. The first kappa shape index (κ1) is 15.2. The predicted molar refractivity (Wildman–Crippen MR) is 80.8 cm³/mol. The van der Waals surface area contributed by atoms with Gasteiger partial charge in [0, 0.05) is 10.7 Å². The number of carbonyl (C=O) groups is 2. The first-order valence-electron chi connectivity index (χ1n) is 6.16. The van der Waals surface area contributed by atoms with Crippen LogP contribution in [0, 0.1) is 0 Å². The maximum atomic E-state index is 12.2. The van der Waals surface area contributed by atoms with Crippen LogP contribution in [-0.2, 0) is 10.3 Å². The van der Waals surface area contributed by atoms with Crippen LogP contribution in [0.25, 0.3) is 0 Å².